The minimum atomic E-state index is 0.611. The van der Waals surface area contributed by atoms with Crippen molar-refractivity contribution >= 4 is 23.1 Å². The van der Waals surface area contributed by atoms with Crippen molar-refractivity contribution < 1.29 is 0 Å². The van der Waals surface area contributed by atoms with Crippen molar-refractivity contribution in [2.24, 2.45) is 5.73 Å². The van der Waals surface area contributed by atoms with Gasteiger partial charge >= 0.3 is 0 Å². The maximum atomic E-state index is 5.62. The molecule has 0 amide bonds. The Bertz CT molecular complexity index is 506. The largest absolute Gasteiger partial charge is 0.326 e. The number of benzene rings is 1. The number of aromatic nitrogens is 1. The summed E-state index contributed by atoms with van der Waals surface area (Å²) in [5, 5.41) is 2.09. The van der Waals surface area contributed by atoms with Crippen molar-refractivity contribution in [2.45, 2.75) is 30.5 Å². The molecule has 0 aliphatic heterocycles. The third-order valence-corrected chi connectivity index (χ3v) is 4.78. The Kier molecular flexibility index (Phi) is 4.20. The number of nitrogens with two attached hydrogens (primary N) is 1. The van der Waals surface area contributed by atoms with Gasteiger partial charge in [0.05, 0.1) is 0 Å². The quantitative estimate of drug-likeness (QED) is 0.859. The topological polar surface area (TPSA) is 38.9 Å². The van der Waals surface area contributed by atoms with Gasteiger partial charge in [-0.1, -0.05) is 30.0 Å². The van der Waals surface area contributed by atoms with Crippen LogP contribution in [-0.2, 0) is 12.3 Å². The number of thioether (sulfide) groups is 1. The Morgan fingerprint density at radius 2 is 2.18 bits per heavy atom. The average Bonchev–Trinajstić information content (AvgIpc) is 2.73. The standard InChI is InChI=1S/C13H16N2S2/c1-9-5-11(6-14)3-4-12(9)8-17-13-15-10(2)7-16-13/h3-5,7H,6,8,14H2,1-2H3. The van der Waals surface area contributed by atoms with E-state index in [-0.39, 0.29) is 0 Å². The highest BCUT2D eigenvalue weighted by molar-refractivity contribution is 8.00. The second-order valence-electron chi connectivity index (χ2n) is 4.01. The fourth-order valence-corrected chi connectivity index (χ4v) is 3.51. The molecule has 1 aromatic carbocycles. The number of nitrogens with zero attached hydrogens (tertiary/aromatic N) is 1. The fourth-order valence-electron chi connectivity index (χ4n) is 1.59. The normalized spacial score (nSPS) is 10.8. The van der Waals surface area contributed by atoms with Gasteiger partial charge in [-0.05, 0) is 30.5 Å². The maximum absolute atomic E-state index is 5.62. The average molecular weight is 264 g/mol. The molecular weight excluding hydrogens is 248 g/mol. The molecule has 90 valence electrons. The first-order chi connectivity index (χ1) is 8.19. The number of rotatable bonds is 4. The first-order valence-electron chi connectivity index (χ1n) is 5.52. The van der Waals surface area contributed by atoms with Gasteiger partial charge in [-0.2, -0.15) is 0 Å². The van der Waals surface area contributed by atoms with Crippen LogP contribution in [0.2, 0.25) is 0 Å². The Morgan fingerprint density at radius 1 is 1.35 bits per heavy atom. The van der Waals surface area contributed by atoms with Gasteiger partial charge in [0.2, 0.25) is 0 Å². The fraction of sp³-hybridized carbons (Fsp3) is 0.308. The molecule has 0 saturated carbocycles. The summed E-state index contributed by atoms with van der Waals surface area (Å²) in [4.78, 5) is 4.45. The van der Waals surface area contributed by atoms with Crippen LogP contribution < -0.4 is 5.73 Å². The summed E-state index contributed by atoms with van der Waals surface area (Å²) in [5.74, 6) is 0.976. The van der Waals surface area contributed by atoms with Gasteiger partial charge in [-0.3, -0.25) is 0 Å². The molecule has 0 fully saturated rings. The van der Waals surface area contributed by atoms with Gasteiger partial charge in [0, 0.05) is 23.4 Å². The molecular formula is C13H16N2S2. The smallest absolute Gasteiger partial charge is 0.150 e. The van der Waals surface area contributed by atoms with E-state index in [4.69, 9.17) is 5.73 Å². The molecule has 0 bridgehead atoms. The zero-order valence-corrected chi connectivity index (χ0v) is 11.7. The summed E-state index contributed by atoms with van der Waals surface area (Å²) in [6.45, 7) is 4.78. The van der Waals surface area contributed by atoms with E-state index in [0.717, 1.165) is 15.8 Å². The molecule has 17 heavy (non-hydrogen) atoms. The van der Waals surface area contributed by atoms with Gasteiger partial charge < -0.3 is 5.73 Å². The van der Waals surface area contributed by atoms with Crippen molar-refractivity contribution in [1.29, 1.82) is 0 Å². The molecule has 0 atom stereocenters. The van der Waals surface area contributed by atoms with E-state index in [1.54, 1.807) is 23.1 Å². The molecule has 0 aliphatic rings. The highest BCUT2D eigenvalue weighted by Crippen LogP contribution is 2.27. The molecule has 0 radical (unpaired) electrons. The highest BCUT2D eigenvalue weighted by Gasteiger charge is 2.03. The lowest BCUT2D eigenvalue weighted by atomic mass is 10.1. The van der Waals surface area contributed by atoms with Gasteiger partial charge in [-0.25, -0.2) is 4.98 Å². The summed E-state index contributed by atoms with van der Waals surface area (Å²) in [6, 6.07) is 6.45. The number of thiazole rings is 1. The Balaban J connectivity index is 2.04. The van der Waals surface area contributed by atoms with E-state index >= 15 is 0 Å². The van der Waals surface area contributed by atoms with Crippen molar-refractivity contribution in [3.05, 3.63) is 46.0 Å². The van der Waals surface area contributed by atoms with E-state index in [1.165, 1.54) is 16.7 Å². The summed E-state index contributed by atoms with van der Waals surface area (Å²) >= 11 is 3.51. The number of hydrogen-bond donors (Lipinski definition) is 1. The van der Waals surface area contributed by atoms with E-state index in [2.05, 4.69) is 35.5 Å². The molecule has 0 unspecified atom stereocenters. The van der Waals surface area contributed by atoms with Crippen molar-refractivity contribution in [3.63, 3.8) is 0 Å². The molecule has 0 saturated heterocycles. The van der Waals surface area contributed by atoms with Crippen LogP contribution in [0, 0.1) is 13.8 Å². The summed E-state index contributed by atoms with van der Waals surface area (Å²) in [5.41, 5.74) is 10.6. The van der Waals surface area contributed by atoms with Gasteiger partial charge in [0.25, 0.3) is 0 Å². The van der Waals surface area contributed by atoms with Gasteiger partial charge in [0.15, 0.2) is 0 Å². The minimum absolute atomic E-state index is 0.611. The molecule has 2 nitrogen and oxygen atoms in total. The first kappa shape index (κ1) is 12.6. The van der Waals surface area contributed by atoms with Crippen LogP contribution in [0.1, 0.15) is 22.4 Å². The zero-order chi connectivity index (χ0) is 12.3. The molecule has 2 aromatic rings. The predicted molar refractivity (Wildman–Crippen MR) is 75.5 cm³/mol. The van der Waals surface area contributed by atoms with E-state index < -0.39 is 0 Å². The molecule has 1 heterocycles. The number of aryl methyl sites for hydroxylation is 2. The molecule has 4 heteroatoms. The van der Waals surface area contributed by atoms with Crippen LogP contribution in [0.4, 0.5) is 0 Å². The lowest BCUT2D eigenvalue weighted by molar-refractivity contribution is 1.06. The third-order valence-electron chi connectivity index (χ3n) is 2.59. The summed E-state index contributed by atoms with van der Waals surface area (Å²) in [6.07, 6.45) is 0. The Labute approximate surface area is 110 Å². The molecule has 0 spiro atoms. The van der Waals surface area contributed by atoms with Crippen molar-refractivity contribution in [1.82, 2.24) is 4.98 Å². The zero-order valence-electron chi connectivity index (χ0n) is 10.1. The lowest BCUT2D eigenvalue weighted by Crippen LogP contribution is -1.97. The van der Waals surface area contributed by atoms with Crippen LogP contribution in [-0.4, -0.2) is 4.98 Å². The maximum Gasteiger partial charge on any atom is 0.150 e. The number of hydrogen-bond acceptors (Lipinski definition) is 4. The van der Waals surface area contributed by atoms with Crippen molar-refractivity contribution in [3.8, 4) is 0 Å². The summed E-state index contributed by atoms with van der Waals surface area (Å²) in [7, 11) is 0. The molecule has 0 aliphatic carbocycles. The molecule has 1 aromatic heterocycles. The second kappa shape index (κ2) is 5.67. The van der Waals surface area contributed by atoms with Crippen LogP contribution in [0.15, 0.2) is 27.9 Å². The Hall–Kier alpha value is -0.840. The monoisotopic (exact) mass is 264 g/mol. The molecule has 2 N–H and O–H groups in total. The van der Waals surface area contributed by atoms with E-state index in [0.29, 0.717) is 6.54 Å². The van der Waals surface area contributed by atoms with E-state index in [1.807, 2.05) is 6.92 Å². The van der Waals surface area contributed by atoms with Crippen LogP contribution in [0.25, 0.3) is 0 Å². The Morgan fingerprint density at radius 3 is 2.76 bits per heavy atom. The van der Waals surface area contributed by atoms with Crippen LogP contribution in [0.3, 0.4) is 0 Å². The second-order valence-corrected chi connectivity index (χ2v) is 6.09. The van der Waals surface area contributed by atoms with Crippen LogP contribution >= 0.6 is 23.1 Å². The van der Waals surface area contributed by atoms with Crippen LogP contribution in [0.5, 0.6) is 0 Å². The predicted octanol–water partition coefficient (Wildman–Crippen LogP) is 3.51. The van der Waals surface area contributed by atoms with Gasteiger partial charge in [-0.15, -0.1) is 11.3 Å². The highest BCUT2D eigenvalue weighted by atomic mass is 32.2. The lowest BCUT2D eigenvalue weighted by Gasteiger charge is -2.06. The minimum Gasteiger partial charge on any atom is -0.326 e. The molecule has 2 rings (SSSR count). The van der Waals surface area contributed by atoms with Crippen molar-refractivity contribution in [2.75, 3.05) is 0 Å². The third kappa shape index (κ3) is 3.31. The van der Waals surface area contributed by atoms with Gasteiger partial charge in [0.1, 0.15) is 4.34 Å². The van der Waals surface area contributed by atoms with E-state index in [9.17, 15) is 0 Å². The first-order valence-corrected chi connectivity index (χ1v) is 7.39. The summed E-state index contributed by atoms with van der Waals surface area (Å²) < 4.78 is 1.14. The SMILES string of the molecule is Cc1csc(SCc2ccc(CN)cc2C)n1.